The van der Waals surface area contributed by atoms with E-state index in [9.17, 15) is 0 Å². The summed E-state index contributed by atoms with van der Waals surface area (Å²) in [7, 11) is 0. The Labute approximate surface area is 115 Å². The van der Waals surface area contributed by atoms with Crippen LogP contribution in [-0.2, 0) is 0 Å². The van der Waals surface area contributed by atoms with Crippen LogP contribution in [0.25, 0.3) is 0 Å². The van der Waals surface area contributed by atoms with Crippen LogP contribution in [0.4, 0.5) is 5.69 Å². The van der Waals surface area contributed by atoms with Crippen LogP contribution < -0.4 is 5.32 Å². The molecule has 1 aromatic rings. The molecule has 19 heavy (non-hydrogen) atoms. The molecule has 0 aromatic heterocycles. The highest BCUT2D eigenvalue weighted by molar-refractivity contribution is 5.51. The number of nitrogens with one attached hydrogen (secondary N) is 1. The van der Waals surface area contributed by atoms with Gasteiger partial charge in [-0.25, -0.2) is 0 Å². The van der Waals surface area contributed by atoms with Gasteiger partial charge in [0.25, 0.3) is 0 Å². The molecular formula is C18H19N. The van der Waals surface area contributed by atoms with Crippen molar-refractivity contribution in [3.8, 4) is 0 Å². The fourth-order valence-corrected chi connectivity index (χ4v) is 2.56. The van der Waals surface area contributed by atoms with Gasteiger partial charge >= 0.3 is 0 Å². The molecule has 0 bridgehead atoms. The lowest BCUT2D eigenvalue weighted by Crippen LogP contribution is -2.07. The van der Waals surface area contributed by atoms with Gasteiger partial charge in [-0.1, -0.05) is 48.6 Å². The van der Waals surface area contributed by atoms with Crippen molar-refractivity contribution in [1.29, 1.82) is 0 Å². The molecule has 2 aliphatic carbocycles. The lowest BCUT2D eigenvalue weighted by Gasteiger charge is -2.20. The molecule has 0 radical (unpaired) electrons. The number of anilines is 1. The second kappa shape index (κ2) is 5.75. The van der Waals surface area contributed by atoms with Gasteiger partial charge in [-0.2, -0.15) is 0 Å². The summed E-state index contributed by atoms with van der Waals surface area (Å²) in [6.07, 6.45) is 17.2. The second-order valence-corrected chi connectivity index (χ2v) is 5.04. The third kappa shape index (κ3) is 3.05. The Morgan fingerprint density at radius 3 is 2.53 bits per heavy atom. The highest BCUT2D eigenvalue weighted by atomic mass is 14.9. The molecule has 0 amide bonds. The molecule has 1 heteroatoms. The topological polar surface area (TPSA) is 12.0 Å². The van der Waals surface area contributed by atoms with Gasteiger partial charge in [0.2, 0.25) is 0 Å². The number of para-hydroxylation sites is 1. The number of hydrogen-bond acceptors (Lipinski definition) is 1. The largest absolute Gasteiger partial charge is 0.356 e. The Balaban J connectivity index is 1.63. The van der Waals surface area contributed by atoms with Crippen LogP contribution >= 0.6 is 0 Å². The standard InChI is InChI=1S/C18H19N/c1-3-7-15(8-4-1)16-11-13-18(14-12-16)19-17-9-5-2-6-10-17/h2-3,5-11,13-14,16,19H,1,4,12H2. The molecule has 1 nitrogen and oxygen atoms in total. The van der Waals surface area contributed by atoms with E-state index in [1.54, 1.807) is 0 Å². The van der Waals surface area contributed by atoms with E-state index in [-0.39, 0.29) is 0 Å². The summed E-state index contributed by atoms with van der Waals surface area (Å²) in [6.45, 7) is 0. The van der Waals surface area contributed by atoms with Crippen LogP contribution in [0.15, 0.2) is 78.1 Å². The third-order valence-electron chi connectivity index (χ3n) is 3.61. The third-order valence-corrected chi connectivity index (χ3v) is 3.61. The van der Waals surface area contributed by atoms with Crippen molar-refractivity contribution < 1.29 is 0 Å². The van der Waals surface area contributed by atoms with E-state index in [0.717, 1.165) is 12.1 Å². The molecule has 1 N–H and O–H groups in total. The van der Waals surface area contributed by atoms with E-state index in [4.69, 9.17) is 0 Å². The van der Waals surface area contributed by atoms with Crippen molar-refractivity contribution >= 4 is 5.69 Å². The SMILES string of the molecule is C1=CC(C2C=CC(Nc3ccccc3)=CC2)=CCC1. The maximum absolute atomic E-state index is 3.44. The van der Waals surface area contributed by atoms with E-state index in [2.05, 4.69) is 66.0 Å². The summed E-state index contributed by atoms with van der Waals surface area (Å²) in [5, 5.41) is 3.44. The van der Waals surface area contributed by atoms with Crippen LogP contribution in [0.3, 0.4) is 0 Å². The molecule has 0 saturated carbocycles. The van der Waals surface area contributed by atoms with Gasteiger partial charge in [0, 0.05) is 17.3 Å². The Morgan fingerprint density at radius 1 is 0.947 bits per heavy atom. The Morgan fingerprint density at radius 2 is 1.84 bits per heavy atom. The summed E-state index contributed by atoms with van der Waals surface area (Å²) in [4.78, 5) is 0. The van der Waals surface area contributed by atoms with Gasteiger partial charge in [0.15, 0.2) is 0 Å². The lowest BCUT2D eigenvalue weighted by molar-refractivity contribution is 0.765. The van der Waals surface area contributed by atoms with Crippen molar-refractivity contribution in [2.75, 3.05) is 5.32 Å². The first-order valence-corrected chi connectivity index (χ1v) is 6.99. The summed E-state index contributed by atoms with van der Waals surface area (Å²) in [5.41, 5.74) is 3.81. The van der Waals surface area contributed by atoms with Crippen molar-refractivity contribution in [2.24, 2.45) is 5.92 Å². The Kier molecular flexibility index (Phi) is 3.64. The summed E-state index contributed by atoms with van der Waals surface area (Å²) < 4.78 is 0. The van der Waals surface area contributed by atoms with E-state index in [1.165, 1.54) is 24.1 Å². The van der Waals surface area contributed by atoms with Crippen molar-refractivity contribution in [3.05, 3.63) is 78.1 Å². The molecule has 0 heterocycles. The highest BCUT2D eigenvalue weighted by Gasteiger charge is 2.12. The first-order valence-electron chi connectivity index (χ1n) is 6.99. The second-order valence-electron chi connectivity index (χ2n) is 5.04. The molecule has 3 rings (SSSR count). The minimum atomic E-state index is 0.554. The van der Waals surface area contributed by atoms with Crippen molar-refractivity contribution in [3.63, 3.8) is 0 Å². The fourth-order valence-electron chi connectivity index (χ4n) is 2.56. The molecule has 1 atom stereocenters. The Hall–Kier alpha value is -2.02. The van der Waals surface area contributed by atoms with Crippen LogP contribution in [0.5, 0.6) is 0 Å². The molecule has 1 aromatic carbocycles. The zero-order valence-corrected chi connectivity index (χ0v) is 11.0. The number of hydrogen-bond donors (Lipinski definition) is 1. The zero-order valence-electron chi connectivity index (χ0n) is 11.0. The number of rotatable bonds is 3. The summed E-state index contributed by atoms with van der Waals surface area (Å²) >= 11 is 0. The van der Waals surface area contributed by atoms with Crippen LogP contribution in [0.2, 0.25) is 0 Å². The van der Waals surface area contributed by atoms with Gasteiger partial charge in [0.1, 0.15) is 0 Å². The average Bonchev–Trinajstić information content (AvgIpc) is 2.50. The number of allylic oxidation sites excluding steroid dienone is 7. The van der Waals surface area contributed by atoms with E-state index in [0.29, 0.717) is 5.92 Å². The molecule has 0 fully saturated rings. The molecule has 1 unspecified atom stereocenters. The monoisotopic (exact) mass is 249 g/mol. The van der Waals surface area contributed by atoms with Crippen LogP contribution in [0, 0.1) is 5.92 Å². The van der Waals surface area contributed by atoms with Crippen LogP contribution in [0.1, 0.15) is 19.3 Å². The molecule has 96 valence electrons. The fraction of sp³-hybridized carbons (Fsp3) is 0.222. The summed E-state index contributed by atoms with van der Waals surface area (Å²) in [5.74, 6) is 0.554. The average molecular weight is 249 g/mol. The molecule has 2 aliphatic rings. The predicted molar refractivity (Wildman–Crippen MR) is 81.9 cm³/mol. The van der Waals surface area contributed by atoms with Gasteiger partial charge in [0.05, 0.1) is 0 Å². The van der Waals surface area contributed by atoms with Gasteiger partial charge in [-0.15, -0.1) is 0 Å². The van der Waals surface area contributed by atoms with Gasteiger partial charge in [-0.3, -0.25) is 0 Å². The lowest BCUT2D eigenvalue weighted by atomic mass is 9.88. The normalized spacial score (nSPS) is 21.8. The zero-order chi connectivity index (χ0) is 12.9. The quantitative estimate of drug-likeness (QED) is 0.808. The summed E-state index contributed by atoms with van der Waals surface area (Å²) in [6, 6.07) is 10.3. The van der Waals surface area contributed by atoms with Gasteiger partial charge < -0.3 is 5.32 Å². The molecule has 0 saturated heterocycles. The van der Waals surface area contributed by atoms with Crippen molar-refractivity contribution in [1.82, 2.24) is 0 Å². The van der Waals surface area contributed by atoms with Crippen LogP contribution in [-0.4, -0.2) is 0 Å². The maximum atomic E-state index is 3.44. The number of benzene rings is 1. The Bertz CT molecular complexity index is 546. The maximum Gasteiger partial charge on any atom is 0.0384 e. The van der Waals surface area contributed by atoms with Gasteiger partial charge in [-0.05, 0) is 43.0 Å². The minimum absolute atomic E-state index is 0.554. The van der Waals surface area contributed by atoms with Crippen molar-refractivity contribution in [2.45, 2.75) is 19.3 Å². The smallest absolute Gasteiger partial charge is 0.0384 e. The molecular weight excluding hydrogens is 230 g/mol. The van der Waals surface area contributed by atoms with E-state index < -0.39 is 0 Å². The minimum Gasteiger partial charge on any atom is -0.356 e. The van der Waals surface area contributed by atoms with E-state index >= 15 is 0 Å². The predicted octanol–water partition coefficient (Wildman–Crippen LogP) is 4.83. The highest BCUT2D eigenvalue weighted by Crippen LogP contribution is 2.27. The molecule has 0 aliphatic heterocycles. The first kappa shape index (κ1) is 12.0. The van der Waals surface area contributed by atoms with E-state index in [1.807, 2.05) is 6.07 Å². The first-order chi connectivity index (χ1) is 9.42. The molecule has 0 spiro atoms.